The SMILES string of the molecule is CC(N)=NC(CSC/C=C(\C)CCCC(C)CCCC(C)CCCC(C)C)C(=O)O. The number of rotatable bonds is 18. The molecule has 3 N–H and O–H groups in total. The molecule has 5 heteroatoms. The van der Waals surface area contributed by atoms with Crippen molar-refractivity contribution in [3.05, 3.63) is 11.6 Å². The summed E-state index contributed by atoms with van der Waals surface area (Å²) < 4.78 is 0. The molecule has 0 aromatic carbocycles. The summed E-state index contributed by atoms with van der Waals surface area (Å²) in [4.78, 5) is 15.1. The van der Waals surface area contributed by atoms with Crippen molar-refractivity contribution in [2.75, 3.05) is 11.5 Å². The first-order valence-corrected chi connectivity index (χ1v) is 13.0. The molecule has 0 saturated carbocycles. The van der Waals surface area contributed by atoms with Crippen LogP contribution >= 0.6 is 11.8 Å². The Bertz CT molecular complexity index is 513. The predicted molar refractivity (Wildman–Crippen MR) is 135 cm³/mol. The van der Waals surface area contributed by atoms with E-state index in [9.17, 15) is 4.79 Å². The lowest BCUT2D eigenvalue weighted by Gasteiger charge is -2.15. The Kier molecular flexibility index (Phi) is 17.1. The van der Waals surface area contributed by atoms with Gasteiger partial charge in [0.15, 0.2) is 6.04 Å². The van der Waals surface area contributed by atoms with Gasteiger partial charge in [-0.3, -0.25) is 4.99 Å². The summed E-state index contributed by atoms with van der Waals surface area (Å²) in [5.41, 5.74) is 6.90. The highest BCUT2D eigenvalue weighted by Crippen LogP contribution is 2.22. The normalized spacial score (nSPS) is 16.0. The molecular formula is C25H48N2O2S. The van der Waals surface area contributed by atoms with Gasteiger partial charge in [0.2, 0.25) is 0 Å². The fourth-order valence-corrected chi connectivity index (χ4v) is 4.58. The zero-order valence-corrected chi connectivity index (χ0v) is 21.3. The second kappa shape index (κ2) is 17.7. The molecule has 0 aromatic rings. The Hall–Kier alpha value is -0.970. The van der Waals surface area contributed by atoms with Crippen molar-refractivity contribution in [3.63, 3.8) is 0 Å². The van der Waals surface area contributed by atoms with Gasteiger partial charge in [0.05, 0.1) is 5.84 Å². The van der Waals surface area contributed by atoms with Crippen LogP contribution in [0, 0.1) is 17.8 Å². The number of aliphatic imine (C=N–C) groups is 1. The molecule has 0 aliphatic rings. The van der Waals surface area contributed by atoms with E-state index in [0.717, 1.165) is 29.9 Å². The summed E-state index contributed by atoms with van der Waals surface area (Å²) in [6.07, 6.45) is 14.1. The van der Waals surface area contributed by atoms with Crippen molar-refractivity contribution in [3.8, 4) is 0 Å². The van der Waals surface area contributed by atoms with Crippen LogP contribution in [0.4, 0.5) is 0 Å². The van der Waals surface area contributed by atoms with Gasteiger partial charge in [0.1, 0.15) is 0 Å². The number of hydrogen-bond donors (Lipinski definition) is 2. The maximum atomic E-state index is 11.2. The number of carboxylic acids is 1. The van der Waals surface area contributed by atoms with Crippen molar-refractivity contribution >= 4 is 23.6 Å². The number of nitrogens with two attached hydrogens (primary N) is 1. The van der Waals surface area contributed by atoms with E-state index >= 15 is 0 Å². The number of hydrogen-bond acceptors (Lipinski definition) is 3. The van der Waals surface area contributed by atoms with Crippen LogP contribution < -0.4 is 5.73 Å². The number of aliphatic carboxylic acids is 1. The Morgan fingerprint density at radius 2 is 1.50 bits per heavy atom. The molecule has 176 valence electrons. The maximum absolute atomic E-state index is 11.2. The highest BCUT2D eigenvalue weighted by Gasteiger charge is 2.15. The van der Waals surface area contributed by atoms with E-state index in [0.29, 0.717) is 11.6 Å². The van der Waals surface area contributed by atoms with E-state index in [2.05, 4.69) is 45.7 Å². The maximum Gasteiger partial charge on any atom is 0.329 e. The van der Waals surface area contributed by atoms with E-state index in [-0.39, 0.29) is 0 Å². The van der Waals surface area contributed by atoms with Gasteiger partial charge in [-0.15, -0.1) is 0 Å². The van der Waals surface area contributed by atoms with Gasteiger partial charge in [-0.2, -0.15) is 11.8 Å². The van der Waals surface area contributed by atoms with Gasteiger partial charge in [-0.05, 0) is 44.4 Å². The lowest BCUT2D eigenvalue weighted by molar-refractivity contribution is -0.137. The predicted octanol–water partition coefficient (Wildman–Crippen LogP) is 6.94. The van der Waals surface area contributed by atoms with Crippen LogP contribution in [-0.4, -0.2) is 34.5 Å². The standard InChI is InChI=1S/C25H48N2O2S/c1-19(2)10-7-11-20(3)12-8-13-21(4)14-9-15-22(5)16-17-30-18-24(25(28)29)27-23(6)26/h16,19-21,24H,7-15,17-18H2,1-6H3,(H2,26,27)(H,28,29)/b22-16+. The molecule has 0 radical (unpaired) electrons. The van der Waals surface area contributed by atoms with Gasteiger partial charge in [0.25, 0.3) is 0 Å². The van der Waals surface area contributed by atoms with Crippen LogP contribution in [0.25, 0.3) is 0 Å². The van der Waals surface area contributed by atoms with Crippen molar-refractivity contribution in [2.45, 2.75) is 105 Å². The Labute approximate surface area is 190 Å². The molecule has 0 rings (SSSR count). The molecular weight excluding hydrogens is 392 g/mol. The molecule has 0 aliphatic heterocycles. The van der Waals surface area contributed by atoms with E-state index < -0.39 is 12.0 Å². The van der Waals surface area contributed by atoms with Crippen LogP contribution in [0.2, 0.25) is 0 Å². The fraction of sp³-hybridized carbons (Fsp3) is 0.840. The first-order chi connectivity index (χ1) is 14.1. The zero-order valence-electron chi connectivity index (χ0n) is 20.5. The van der Waals surface area contributed by atoms with Gasteiger partial charge in [0, 0.05) is 11.5 Å². The monoisotopic (exact) mass is 440 g/mol. The smallest absolute Gasteiger partial charge is 0.329 e. The van der Waals surface area contributed by atoms with E-state index in [1.165, 1.54) is 56.9 Å². The summed E-state index contributed by atoms with van der Waals surface area (Å²) >= 11 is 1.60. The van der Waals surface area contributed by atoms with E-state index in [1.807, 2.05) is 0 Å². The van der Waals surface area contributed by atoms with Crippen LogP contribution in [0.1, 0.15) is 99.3 Å². The lowest BCUT2D eigenvalue weighted by atomic mass is 9.91. The molecule has 0 aromatic heterocycles. The number of carboxylic acid groups (broad SMARTS) is 1. The fourth-order valence-electron chi connectivity index (χ4n) is 3.60. The molecule has 0 amide bonds. The Balaban J connectivity index is 3.87. The summed E-state index contributed by atoms with van der Waals surface area (Å²) in [6, 6.07) is -0.743. The Morgan fingerprint density at radius 1 is 0.967 bits per heavy atom. The molecule has 0 fully saturated rings. The van der Waals surface area contributed by atoms with Gasteiger partial charge < -0.3 is 10.8 Å². The first kappa shape index (κ1) is 29.0. The average Bonchev–Trinajstić information content (AvgIpc) is 2.63. The number of nitrogens with zero attached hydrogens (tertiary/aromatic N) is 1. The minimum atomic E-state index is -0.910. The van der Waals surface area contributed by atoms with Crippen molar-refractivity contribution in [2.24, 2.45) is 28.5 Å². The molecule has 3 atom stereocenters. The number of amidine groups is 1. The average molecular weight is 441 g/mol. The first-order valence-electron chi connectivity index (χ1n) is 11.9. The molecule has 0 aliphatic carbocycles. The van der Waals surface area contributed by atoms with Crippen LogP contribution in [0.5, 0.6) is 0 Å². The molecule has 0 saturated heterocycles. The summed E-state index contributed by atoms with van der Waals surface area (Å²) in [7, 11) is 0. The van der Waals surface area contributed by atoms with Crippen molar-refractivity contribution < 1.29 is 9.90 Å². The van der Waals surface area contributed by atoms with Crippen LogP contribution in [0.15, 0.2) is 16.6 Å². The van der Waals surface area contributed by atoms with Crippen molar-refractivity contribution in [1.82, 2.24) is 0 Å². The van der Waals surface area contributed by atoms with Crippen molar-refractivity contribution in [1.29, 1.82) is 0 Å². The zero-order chi connectivity index (χ0) is 22.9. The molecule has 3 unspecified atom stereocenters. The lowest BCUT2D eigenvalue weighted by Crippen LogP contribution is -2.24. The highest BCUT2D eigenvalue weighted by molar-refractivity contribution is 7.99. The van der Waals surface area contributed by atoms with E-state index in [1.54, 1.807) is 18.7 Å². The Morgan fingerprint density at radius 3 is 2.00 bits per heavy atom. The minimum absolute atomic E-state index is 0.324. The largest absolute Gasteiger partial charge is 0.480 e. The summed E-state index contributed by atoms with van der Waals surface area (Å²) in [5, 5.41) is 9.16. The van der Waals surface area contributed by atoms with Gasteiger partial charge >= 0.3 is 5.97 Å². The van der Waals surface area contributed by atoms with Crippen LogP contribution in [0.3, 0.4) is 0 Å². The molecule has 0 bridgehead atoms. The molecule has 0 heterocycles. The molecule has 4 nitrogen and oxygen atoms in total. The highest BCUT2D eigenvalue weighted by atomic mass is 32.2. The number of carbonyl (C=O) groups is 1. The third-order valence-corrected chi connectivity index (χ3v) is 6.56. The topological polar surface area (TPSA) is 75.7 Å². The third-order valence-electron chi connectivity index (χ3n) is 5.61. The molecule has 0 spiro atoms. The van der Waals surface area contributed by atoms with Gasteiger partial charge in [-0.1, -0.05) is 84.3 Å². The molecule has 30 heavy (non-hydrogen) atoms. The third kappa shape index (κ3) is 17.9. The second-order valence-electron chi connectivity index (χ2n) is 9.57. The van der Waals surface area contributed by atoms with Gasteiger partial charge in [-0.25, -0.2) is 4.79 Å². The quantitative estimate of drug-likeness (QED) is 0.105. The summed E-state index contributed by atoms with van der Waals surface area (Å²) in [5.74, 6) is 3.23. The number of thioether (sulfide) groups is 1. The number of allylic oxidation sites excluding steroid dienone is 1. The minimum Gasteiger partial charge on any atom is -0.480 e. The summed E-state index contributed by atoms with van der Waals surface area (Å²) in [6.45, 7) is 13.2. The second-order valence-corrected chi connectivity index (χ2v) is 10.6. The van der Waals surface area contributed by atoms with Crippen LogP contribution in [-0.2, 0) is 4.79 Å². The van der Waals surface area contributed by atoms with E-state index in [4.69, 9.17) is 10.8 Å².